The van der Waals surface area contributed by atoms with Crippen LogP contribution in [0.25, 0.3) is 6.08 Å². The van der Waals surface area contributed by atoms with Crippen molar-refractivity contribution in [2.24, 2.45) is 0 Å². The quantitative estimate of drug-likeness (QED) is 0.523. The highest BCUT2D eigenvalue weighted by Crippen LogP contribution is 2.21. The predicted octanol–water partition coefficient (Wildman–Crippen LogP) is 2.78. The van der Waals surface area contributed by atoms with E-state index in [1.165, 1.54) is 6.08 Å². The van der Waals surface area contributed by atoms with Gasteiger partial charge in [-0.25, -0.2) is 4.79 Å². The smallest absolute Gasteiger partial charge is 0.331 e. The lowest BCUT2D eigenvalue weighted by Gasteiger charge is -2.31. The molecule has 0 bridgehead atoms. The van der Waals surface area contributed by atoms with Gasteiger partial charge in [-0.15, -0.1) is 0 Å². The summed E-state index contributed by atoms with van der Waals surface area (Å²) in [6, 6.07) is 7.35. The SMILES string of the molecule is CC1CC(OC(=O)/C=C/c2cccc(N)c2)CC(C)O1. The van der Waals surface area contributed by atoms with Gasteiger partial charge in [0.2, 0.25) is 0 Å². The molecule has 2 rings (SSSR count). The fourth-order valence-electron chi connectivity index (χ4n) is 2.47. The third kappa shape index (κ3) is 4.38. The Bertz CT molecular complexity index is 488. The zero-order chi connectivity index (χ0) is 14.5. The number of rotatable bonds is 3. The first-order chi connectivity index (χ1) is 9.52. The van der Waals surface area contributed by atoms with Gasteiger partial charge in [0.15, 0.2) is 0 Å². The Hall–Kier alpha value is -1.81. The van der Waals surface area contributed by atoms with Crippen LogP contribution in [-0.4, -0.2) is 24.3 Å². The van der Waals surface area contributed by atoms with E-state index in [1.54, 1.807) is 12.1 Å². The molecule has 4 heteroatoms. The average Bonchev–Trinajstić information content (AvgIpc) is 2.35. The Labute approximate surface area is 119 Å². The number of benzene rings is 1. The molecule has 0 spiro atoms. The lowest BCUT2D eigenvalue weighted by atomic mass is 10.0. The molecule has 0 saturated carbocycles. The summed E-state index contributed by atoms with van der Waals surface area (Å²) in [5.74, 6) is -0.321. The largest absolute Gasteiger partial charge is 0.459 e. The van der Waals surface area contributed by atoms with Gasteiger partial charge in [0.1, 0.15) is 6.10 Å². The Balaban J connectivity index is 1.89. The maximum atomic E-state index is 11.8. The fraction of sp³-hybridized carbons (Fsp3) is 0.438. The topological polar surface area (TPSA) is 61.5 Å². The number of esters is 1. The van der Waals surface area contributed by atoms with Crippen molar-refractivity contribution in [3.63, 3.8) is 0 Å². The van der Waals surface area contributed by atoms with Crippen LogP contribution < -0.4 is 5.73 Å². The van der Waals surface area contributed by atoms with Crippen molar-refractivity contribution >= 4 is 17.7 Å². The third-order valence-corrected chi connectivity index (χ3v) is 3.26. The van der Waals surface area contributed by atoms with E-state index in [1.807, 2.05) is 32.0 Å². The van der Waals surface area contributed by atoms with Crippen molar-refractivity contribution in [1.82, 2.24) is 0 Å². The van der Waals surface area contributed by atoms with Crippen molar-refractivity contribution in [3.8, 4) is 0 Å². The van der Waals surface area contributed by atoms with E-state index in [-0.39, 0.29) is 24.3 Å². The molecule has 0 radical (unpaired) electrons. The van der Waals surface area contributed by atoms with Crippen molar-refractivity contribution in [2.75, 3.05) is 5.73 Å². The Morgan fingerprint density at radius 1 is 1.35 bits per heavy atom. The Morgan fingerprint density at radius 3 is 2.70 bits per heavy atom. The second-order valence-electron chi connectivity index (χ2n) is 5.29. The van der Waals surface area contributed by atoms with Gasteiger partial charge in [-0.1, -0.05) is 12.1 Å². The van der Waals surface area contributed by atoms with Crippen LogP contribution in [0.2, 0.25) is 0 Å². The summed E-state index contributed by atoms with van der Waals surface area (Å²) in [6.07, 6.45) is 4.87. The van der Waals surface area contributed by atoms with Crippen LogP contribution in [-0.2, 0) is 14.3 Å². The molecule has 1 saturated heterocycles. The molecule has 1 heterocycles. The number of nitrogens with two attached hydrogens (primary N) is 1. The molecule has 20 heavy (non-hydrogen) atoms. The van der Waals surface area contributed by atoms with Crippen LogP contribution in [0.1, 0.15) is 32.3 Å². The molecule has 1 aromatic rings. The lowest BCUT2D eigenvalue weighted by Crippen LogP contribution is -2.35. The Morgan fingerprint density at radius 2 is 2.05 bits per heavy atom. The lowest BCUT2D eigenvalue weighted by molar-refractivity contribution is -0.153. The van der Waals surface area contributed by atoms with Crippen LogP contribution in [0.5, 0.6) is 0 Å². The van der Waals surface area contributed by atoms with Gasteiger partial charge >= 0.3 is 5.97 Å². The first-order valence-electron chi connectivity index (χ1n) is 6.92. The van der Waals surface area contributed by atoms with Gasteiger partial charge in [0.05, 0.1) is 12.2 Å². The second-order valence-corrected chi connectivity index (χ2v) is 5.29. The van der Waals surface area contributed by atoms with E-state index in [4.69, 9.17) is 15.2 Å². The van der Waals surface area contributed by atoms with Crippen LogP contribution >= 0.6 is 0 Å². The van der Waals surface area contributed by atoms with Gasteiger partial charge in [-0.3, -0.25) is 0 Å². The summed E-state index contributed by atoms with van der Waals surface area (Å²) in [5, 5.41) is 0. The molecular weight excluding hydrogens is 254 g/mol. The second kappa shape index (κ2) is 6.57. The molecule has 2 unspecified atom stereocenters. The molecule has 0 aliphatic carbocycles. The standard InChI is InChI=1S/C16H21NO3/c1-11-8-15(9-12(2)19-11)20-16(18)7-6-13-4-3-5-14(17)10-13/h3-7,10-12,15H,8-9,17H2,1-2H3/b7-6+. The van der Waals surface area contributed by atoms with Gasteiger partial charge in [-0.2, -0.15) is 0 Å². The normalized spacial score (nSPS) is 26.6. The van der Waals surface area contributed by atoms with Gasteiger partial charge in [-0.05, 0) is 37.6 Å². The maximum Gasteiger partial charge on any atom is 0.331 e. The highest BCUT2D eigenvalue weighted by molar-refractivity contribution is 5.87. The number of anilines is 1. The molecule has 2 atom stereocenters. The number of ether oxygens (including phenoxy) is 2. The van der Waals surface area contributed by atoms with Crippen molar-refractivity contribution in [3.05, 3.63) is 35.9 Å². The molecule has 1 aliphatic heterocycles. The minimum Gasteiger partial charge on any atom is -0.459 e. The van der Waals surface area contributed by atoms with Gasteiger partial charge in [0.25, 0.3) is 0 Å². The molecular formula is C16H21NO3. The molecule has 1 fully saturated rings. The fourth-order valence-corrected chi connectivity index (χ4v) is 2.47. The van der Waals surface area contributed by atoms with E-state index >= 15 is 0 Å². The molecule has 108 valence electrons. The zero-order valence-electron chi connectivity index (χ0n) is 11.9. The summed E-state index contributed by atoms with van der Waals surface area (Å²) in [5.41, 5.74) is 7.24. The summed E-state index contributed by atoms with van der Waals surface area (Å²) >= 11 is 0. The van der Waals surface area contributed by atoms with Gasteiger partial charge < -0.3 is 15.2 Å². The van der Waals surface area contributed by atoms with E-state index < -0.39 is 0 Å². The number of carbonyl (C=O) groups is 1. The van der Waals surface area contributed by atoms with Crippen LogP contribution in [0.3, 0.4) is 0 Å². The number of nitrogen functional groups attached to an aromatic ring is 1. The van der Waals surface area contributed by atoms with E-state index in [0.717, 1.165) is 18.4 Å². The zero-order valence-corrected chi connectivity index (χ0v) is 11.9. The van der Waals surface area contributed by atoms with E-state index in [9.17, 15) is 4.79 Å². The maximum absolute atomic E-state index is 11.8. The van der Waals surface area contributed by atoms with Gasteiger partial charge in [0, 0.05) is 24.6 Å². The van der Waals surface area contributed by atoms with E-state index in [2.05, 4.69) is 0 Å². The number of hydrogen-bond donors (Lipinski definition) is 1. The summed E-state index contributed by atoms with van der Waals surface area (Å²) in [7, 11) is 0. The number of carbonyl (C=O) groups excluding carboxylic acids is 1. The van der Waals surface area contributed by atoms with Crippen LogP contribution in [0.15, 0.2) is 30.3 Å². The molecule has 0 aromatic heterocycles. The minimum atomic E-state index is -0.321. The van der Waals surface area contributed by atoms with Crippen LogP contribution in [0.4, 0.5) is 5.69 Å². The van der Waals surface area contributed by atoms with E-state index in [0.29, 0.717) is 5.69 Å². The summed E-state index contributed by atoms with van der Waals surface area (Å²) in [6.45, 7) is 4.00. The Kier molecular flexibility index (Phi) is 4.79. The molecule has 1 aliphatic rings. The molecule has 1 aromatic carbocycles. The highest BCUT2D eigenvalue weighted by atomic mass is 16.6. The minimum absolute atomic E-state index is 0.0632. The monoisotopic (exact) mass is 275 g/mol. The first-order valence-corrected chi connectivity index (χ1v) is 6.92. The van der Waals surface area contributed by atoms with Crippen LogP contribution in [0, 0.1) is 0 Å². The van der Waals surface area contributed by atoms with Crippen molar-refractivity contribution in [2.45, 2.75) is 45.0 Å². The first kappa shape index (κ1) is 14.6. The van der Waals surface area contributed by atoms with Crippen molar-refractivity contribution < 1.29 is 14.3 Å². The molecule has 2 N–H and O–H groups in total. The molecule has 0 amide bonds. The average molecular weight is 275 g/mol. The predicted molar refractivity (Wildman–Crippen MR) is 79.0 cm³/mol. The highest BCUT2D eigenvalue weighted by Gasteiger charge is 2.26. The third-order valence-electron chi connectivity index (χ3n) is 3.26. The summed E-state index contributed by atoms with van der Waals surface area (Å²) in [4.78, 5) is 11.8. The van der Waals surface area contributed by atoms with Crippen molar-refractivity contribution in [1.29, 1.82) is 0 Å². The molecule has 4 nitrogen and oxygen atoms in total. The number of hydrogen-bond acceptors (Lipinski definition) is 4. The summed E-state index contributed by atoms with van der Waals surface area (Å²) < 4.78 is 11.1.